The molecule has 1 N–H and O–H groups in total. The highest BCUT2D eigenvalue weighted by Crippen LogP contribution is 2.28. The molecule has 1 heterocycles. The van der Waals surface area contributed by atoms with Crippen LogP contribution in [0.1, 0.15) is 13.3 Å². The summed E-state index contributed by atoms with van der Waals surface area (Å²) in [5.41, 5.74) is 2.51. The molecule has 0 aliphatic rings. The van der Waals surface area contributed by atoms with E-state index >= 15 is 0 Å². The van der Waals surface area contributed by atoms with Gasteiger partial charge in [-0.1, -0.05) is 42.8 Å². The SMILES string of the molecule is CCCNS(=O)(=O)c1cc(-c2cs/c(=N/c3ccccc3)n2C)ccc1Cl.Cl. The van der Waals surface area contributed by atoms with Gasteiger partial charge in [0.1, 0.15) is 4.90 Å². The van der Waals surface area contributed by atoms with Crippen molar-refractivity contribution in [3.63, 3.8) is 0 Å². The second-order valence-electron chi connectivity index (χ2n) is 5.95. The molecule has 0 aliphatic carbocycles. The van der Waals surface area contributed by atoms with E-state index in [4.69, 9.17) is 11.6 Å². The quantitative estimate of drug-likeness (QED) is 0.580. The van der Waals surface area contributed by atoms with Crippen molar-refractivity contribution in [1.29, 1.82) is 0 Å². The van der Waals surface area contributed by atoms with E-state index in [1.165, 1.54) is 11.3 Å². The van der Waals surface area contributed by atoms with Gasteiger partial charge < -0.3 is 4.57 Å². The van der Waals surface area contributed by atoms with E-state index in [1.54, 1.807) is 12.1 Å². The van der Waals surface area contributed by atoms with E-state index in [9.17, 15) is 8.42 Å². The van der Waals surface area contributed by atoms with Crippen LogP contribution in [0.3, 0.4) is 0 Å². The van der Waals surface area contributed by atoms with Gasteiger partial charge in [-0.3, -0.25) is 0 Å². The summed E-state index contributed by atoms with van der Waals surface area (Å²) in [6.07, 6.45) is 0.709. The van der Waals surface area contributed by atoms with Crippen molar-refractivity contribution in [2.45, 2.75) is 18.2 Å². The fourth-order valence-corrected chi connectivity index (χ4v) is 5.11. The van der Waals surface area contributed by atoms with Gasteiger partial charge in [-0.2, -0.15) is 0 Å². The smallest absolute Gasteiger partial charge is 0.242 e. The summed E-state index contributed by atoms with van der Waals surface area (Å²) in [5, 5.41) is 2.16. The molecule has 0 atom stereocenters. The fourth-order valence-electron chi connectivity index (χ4n) is 2.53. The average molecular weight is 458 g/mol. The highest BCUT2D eigenvalue weighted by atomic mass is 35.5. The molecule has 0 saturated carbocycles. The van der Waals surface area contributed by atoms with Gasteiger partial charge in [0, 0.05) is 24.5 Å². The monoisotopic (exact) mass is 457 g/mol. The third-order valence-corrected chi connectivity index (χ3v) is 6.82. The van der Waals surface area contributed by atoms with Crippen LogP contribution < -0.4 is 9.52 Å². The standard InChI is InChI=1S/C19H20ClN3O2S2.ClH/c1-3-11-21-27(24,25)18-12-14(9-10-16(18)20)17-13-26-19(23(17)2)22-15-7-5-4-6-8-15;/h4-10,12-13,21H,3,11H2,1-2H3;1H/b22-19+;. The summed E-state index contributed by atoms with van der Waals surface area (Å²) in [6, 6.07) is 14.7. The summed E-state index contributed by atoms with van der Waals surface area (Å²) in [7, 11) is -1.74. The minimum Gasteiger partial charge on any atom is -0.320 e. The maximum Gasteiger partial charge on any atom is 0.242 e. The van der Waals surface area contributed by atoms with Crippen molar-refractivity contribution in [2.75, 3.05) is 6.54 Å². The fraction of sp³-hybridized carbons (Fsp3) is 0.211. The van der Waals surface area contributed by atoms with Gasteiger partial charge >= 0.3 is 0 Å². The molecule has 0 radical (unpaired) electrons. The molecule has 0 spiro atoms. The van der Waals surface area contributed by atoms with E-state index in [0.717, 1.165) is 21.7 Å². The number of nitrogens with zero attached hydrogens (tertiary/aromatic N) is 2. The average Bonchev–Trinajstić information content (AvgIpc) is 3.02. The minimum atomic E-state index is -3.65. The van der Waals surface area contributed by atoms with E-state index in [-0.39, 0.29) is 22.3 Å². The number of sulfonamides is 1. The zero-order chi connectivity index (χ0) is 19.4. The zero-order valence-corrected chi connectivity index (χ0v) is 18.6. The van der Waals surface area contributed by atoms with E-state index in [1.807, 2.05) is 60.3 Å². The molecule has 150 valence electrons. The topological polar surface area (TPSA) is 63.5 Å². The first-order chi connectivity index (χ1) is 12.9. The molecular formula is C19H21Cl2N3O2S2. The number of aromatic nitrogens is 1. The molecule has 3 aromatic rings. The van der Waals surface area contributed by atoms with Crippen LogP contribution in [0.2, 0.25) is 5.02 Å². The van der Waals surface area contributed by atoms with Gasteiger partial charge in [0.05, 0.1) is 16.4 Å². The Bertz CT molecular complexity index is 1110. The molecule has 0 amide bonds. The molecule has 0 bridgehead atoms. The van der Waals surface area contributed by atoms with Crippen molar-refractivity contribution in [2.24, 2.45) is 12.0 Å². The molecule has 5 nitrogen and oxygen atoms in total. The Kier molecular flexibility index (Phi) is 7.86. The summed E-state index contributed by atoms with van der Waals surface area (Å²) in [5.74, 6) is 0. The first-order valence-corrected chi connectivity index (χ1v) is 11.2. The molecule has 9 heteroatoms. The van der Waals surface area contributed by atoms with Crippen LogP contribution in [0.5, 0.6) is 0 Å². The lowest BCUT2D eigenvalue weighted by Crippen LogP contribution is -2.24. The predicted octanol–water partition coefficient (Wildman–Crippen LogP) is 4.75. The van der Waals surface area contributed by atoms with Gasteiger partial charge in [0.15, 0.2) is 4.80 Å². The third kappa shape index (κ3) is 5.04. The minimum absolute atomic E-state index is 0. The number of thiazole rings is 1. The van der Waals surface area contributed by atoms with Gasteiger partial charge in [-0.05, 0) is 30.7 Å². The maximum absolute atomic E-state index is 12.5. The lowest BCUT2D eigenvalue weighted by atomic mass is 10.2. The van der Waals surface area contributed by atoms with Crippen LogP contribution in [-0.2, 0) is 17.1 Å². The number of rotatable bonds is 6. The van der Waals surface area contributed by atoms with Crippen LogP contribution >= 0.6 is 35.3 Å². The normalized spacial score (nSPS) is 12.0. The van der Waals surface area contributed by atoms with E-state index in [0.29, 0.717) is 13.0 Å². The van der Waals surface area contributed by atoms with Gasteiger partial charge in [-0.15, -0.1) is 23.7 Å². The molecule has 0 saturated heterocycles. The molecular weight excluding hydrogens is 437 g/mol. The first kappa shape index (κ1) is 22.6. The largest absolute Gasteiger partial charge is 0.320 e. The zero-order valence-electron chi connectivity index (χ0n) is 15.4. The van der Waals surface area contributed by atoms with E-state index in [2.05, 4.69) is 9.71 Å². The van der Waals surface area contributed by atoms with Crippen molar-refractivity contribution < 1.29 is 8.42 Å². The molecule has 2 aromatic carbocycles. The number of para-hydroxylation sites is 1. The first-order valence-electron chi connectivity index (χ1n) is 8.46. The molecule has 0 fully saturated rings. The molecule has 1 aromatic heterocycles. The van der Waals surface area contributed by atoms with E-state index < -0.39 is 10.0 Å². The van der Waals surface area contributed by atoms with Crippen molar-refractivity contribution >= 4 is 51.1 Å². The second-order valence-corrected chi connectivity index (χ2v) is 8.93. The number of benzene rings is 2. The Morgan fingerprint density at radius 3 is 2.57 bits per heavy atom. The number of nitrogens with one attached hydrogen (secondary N) is 1. The third-order valence-electron chi connectivity index (χ3n) is 3.96. The van der Waals surface area contributed by atoms with Crippen LogP contribution in [0.15, 0.2) is 63.8 Å². The lowest BCUT2D eigenvalue weighted by molar-refractivity contribution is 0.581. The summed E-state index contributed by atoms with van der Waals surface area (Å²) in [6.45, 7) is 2.28. The molecule has 0 aliphatic heterocycles. The van der Waals surface area contributed by atoms with Gasteiger partial charge in [0.2, 0.25) is 10.0 Å². The molecule has 0 unspecified atom stereocenters. The van der Waals surface area contributed by atoms with Crippen LogP contribution in [0.25, 0.3) is 11.3 Å². The summed E-state index contributed by atoms with van der Waals surface area (Å²) in [4.78, 5) is 5.55. The Balaban J connectivity index is 0.00000280. The Hall–Kier alpha value is -1.64. The predicted molar refractivity (Wildman–Crippen MR) is 118 cm³/mol. The van der Waals surface area contributed by atoms with Crippen LogP contribution in [-0.4, -0.2) is 19.5 Å². The summed E-state index contributed by atoms with van der Waals surface area (Å²) >= 11 is 7.65. The lowest BCUT2D eigenvalue weighted by Gasteiger charge is -2.10. The van der Waals surface area contributed by atoms with Gasteiger partial charge in [-0.25, -0.2) is 18.1 Å². The van der Waals surface area contributed by atoms with Gasteiger partial charge in [0.25, 0.3) is 0 Å². The Morgan fingerprint density at radius 1 is 1.18 bits per heavy atom. The van der Waals surface area contributed by atoms with Crippen LogP contribution in [0, 0.1) is 0 Å². The molecule has 3 rings (SSSR count). The van der Waals surface area contributed by atoms with Crippen molar-refractivity contribution in [3.05, 3.63) is 63.7 Å². The number of hydrogen-bond donors (Lipinski definition) is 1. The highest BCUT2D eigenvalue weighted by Gasteiger charge is 2.19. The number of hydrogen-bond acceptors (Lipinski definition) is 4. The Morgan fingerprint density at radius 2 is 1.89 bits per heavy atom. The second kappa shape index (κ2) is 9.71. The Labute approximate surface area is 180 Å². The van der Waals surface area contributed by atoms with Crippen molar-refractivity contribution in [1.82, 2.24) is 9.29 Å². The highest BCUT2D eigenvalue weighted by molar-refractivity contribution is 7.89. The molecule has 28 heavy (non-hydrogen) atoms. The maximum atomic E-state index is 12.5. The van der Waals surface area contributed by atoms with Crippen molar-refractivity contribution in [3.8, 4) is 11.3 Å². The number of halogens is 2. The summed E-state index contributed by atoms with van der Waals surface area (Å²) < 4.78 is 29.5. The van der Waals surface area contributed by atoms with Crippen LogP contribution in [0.4, 0.5) is 5.69 Å².